The Morgan fingerprint density at radius 1 is 1.17 bits per heavy atom. The number of hydrogen-bond donors (Lipinski definition) is 0. The summed E-state index contributed by atoms with van der Waals surface area (Å²) in [6, 6.07) is 12.9. The van der Waals surface area contributed by atoms with Crippen LogP contribution in [0.1, 0.15) is 11.8 Å². The van der Waals surface area contributed by atoms with E-state index in [0.29, 0.717) is 29.0 Å². The van der Waals surface area contributed by atoms with E-state index in [1.807, 2.05) is 30.3 Å². The minimum atomic E-state index is -3.44. The van der Waals surface area contributed by atoms with E-state index in [1.165, 1.54) is 15.6 Å². The maximum absolute atomic E-state index is 12.5. The zero-order valence-corrected chi connectivity index (χ0v) is 15.5. The quantitative estimate of drug-likeness (QED) is 0.640. The van der Waals surface area contributed by atoms with Gasteiger partial charge in [0.15, 0.2) is 0 Å². The van der Waals surface area contributed by atoms with Crippen LogP contribution >= 0.6 is 27.3 Å². The van der Waals surface area contributed by atoms with Crippen molar-refractivity contribution in [3.8, 4) is 11.4 Å². The molecule has 0 radical (unpaired) electrons. The zero-order chi connectivity index (χ0) is 16.7. The van der Waals surface area contributed by atoms with Crippen molar-refractivity contribution in [2.24, 2.45) is 0 Å². The topological polar surface area (TPSA) is 76.3 Å². The van der Waals surface area contributed by atoms with Gasteiger partial charge in [0.05, 0.1) is 9.70 Å². The number of nitrogens with zero attached hydrogens (tertiary/aromatic N) is 3. The Bertz CT molecular complexity index is 963. The third-order valence-corrected chi connectivity index (χ3v) is 7.74. The molecular weight excluding hydrogens is 414 g/mol. The average Bonchev–Trinajstić information content (AvgIpc) is 3.16. The molecule has 0 saturated carbocycles. The van der Waals surface area contributed by atoms with Crippen molar-refractivity contribution in [2.75, 3.05) is 13.1 Å². The minimum Gasteiger partial charge on any atom is -0.339 e. The summed E-state index contributed by atoms with van der Waals surface area (Å²) in [7, 11) is -3.44. The van der Waals surface area contributed by atoms with Crippen molar-refractivity contribution in [1.82, 2.24) is 14.4 Å². The van der Waals surface area contributed by atoms with Gasteiger partial charge < -0.3 is 4.52 Å². The predicted octanol–water partition coefficient (Wildman–Crippen LogP) is 3.35. The van der Waals surface area contributed by atoms with E-state index in [4.69, 9.17) is 4.52 Å². The lowest BCUT2D eigenvalue weighted by Gasteiger charge is -2.35. The first kappa shape index (κ1) is 15.9. The van der Waals surface area contributed by atoms with Crippen LogP contribution in [0, 0.1) is 0 Å². The molecular formula is C15H12BrN3O3S2. The molecule has 0 aliphatic carbocycles. The van der Waals surface area contributed by atoms with Gasteiger partial charge in [-0.3, -0.25) is 0 Å². The van der Waals surface area contributed by atoms with Gasteiger partial charge >= 0.3 is 0 Å². The molecule has 0 atom stereocenters. The number of aromatic nitrogens is 2. The number of sulfonamides is 1. The first-order valence-corrected chi connectivity index (χ1v) is 10.2. The van der Waals surface area contributed by atoms with Crippen molar-refractivity contribution in [1.29, 1.82) is 0 Å². The standard InChI is InChI=1S/C15H12BrN3O3S2/c16-12-6-7-13(23-12)24(20,21)19-8-11(9-19)15-17-14(18-22-15)10-4-2-1-3-5-10/h1-7,11H,8-9H2. The Kier molecular flexibility index (Phi) is 4.03. The molecule has 9 heteroatoms. The zero-order valence-electron chi connectivity index (χ0n) is 12.3. The highest BCUT2D eigenvalue weighted by Crippen LogP contribution is 2.35. The highest BCUT2D eigenvalue weighted by atomic mass is 79.9. The second kappa shape index (κ2) is 6.07. The van der Waals surface area contributed by atoms with Crippen LogP contribution in [-0.4, -0.2) is 36.0 Å². The molecule has 0 unspecified atom stereocenters. The molecule has 1 aromatic carbocycles. The Labute approximate surface area is 151 Å². The molecule has 2 aromatic heterocycles. The van der Waals surface area contributed by atoms with Crippen molar-refractivity contribution in [2.45, 2.75) is 10.1 Å². The smallest absolute Gasteiger partial charge is 0.252 e. The lowest BCUT2D eigenvalue weighted by atomic mass is 10.0. The third-order valence-electron chi connectivity index (χ3n) is 3.81. The Balaban J connectivity index is 1.47. The predicted molar refractivity (Wildman–Crippen MR) is 93.3 cm³/mol. The molecule has 0 N–H and O–H groups in total. The monoisotopic (exact) mass is 425 g/mol. The van der Waals surface area contributed by atoms with Gasteiger partial charge in [-0.05, 0) is 28.1 Å². The van der Waals surface area contributed by atoms with E-state index in [-0.39, 0.29) is 5.92 Å². The Morgan fingerprint density at radius 2 is 1.92 bits per heavy atom. The van der Waals surface area contributed by atoms with Crippen LogP contribution in [0.25, 0.3) is 11.4 Å². The van der Waals surface area contributed by atoms with Gasteiger partial charge in [-0.25, -0.2) is 8.42 Å². The number of rotatable bonds is 4. The highest BCUT2D eigenvalue weighted by Gasteiger charge is 2.41. The Morgan fingerprint density at radius 3 is 2.58 bits per heavy atom. The van der Waals surface area contributed by atoms with E-state index < -0.39 is 10.0 Å². The van der Waals surface area contributed by atoms with Crippen LogP contribution in [0.4, 0.5) is 0 Å². The van der Waals surface area contributed by atoms with Gasteiger partial charge in [0.1, 0.15) is 4.21 Å². The van der Waals surface area contributed by atoms with Gasteiger partial charge in [0.2, 0.25) is 11.7 Å². The summed E-state index contributed by atoms with van der Waals surface area (Å²) in [5, 5.41) is 3.98. The van der Waals surface area contributed by atoms with Gasteiger partial charge in [0, 0.05) is 18.7 Å². The van der Waals surface area contributed by atoms with Gasteiger partial charge in [-0.15, -0.1) is 11.3 Å². The average molecular weight is 426 g/mol. The molecule has 124 valence electrons. The summed E-state index contributed by atoms with van der Waals surface area (Å²) in [6.07, 6.45) is 0. The summed E-state index contributed by atoms with van der Waals surface area (Å²) >= 11 is 4.50. The molecule has 0 amide bonds. The molecule has 6 nitrogen and oxygen atoms in total. The minimum absolute atomic E-state index is 0.0619. The largest absolute Gasteiger partial charge is 0.339 e. The fourth-order valence-corrected chi connectivity index (χ4v) is 6.15. The number of thiophene rings is 1. The van der Waals surface area contributed by atoms with Crippen molar-refractivity contribution in [3.63, 3.8) is 0 Å². The van der Waals surface area contributed by atoms with Crippen molar-refractivity contribution in [3.05, 3.63) is 52.1 Å². The van der Waals surface area contributed by atoms with Crippen molar-refractivity contribution < 1.29 is 12.9 Å². The molecule has 1 saturated heterocycles. The molecule has 3 aromatic rings. The van der Waals surface area contributed by atoms with Gasteiger partial charge in [-0.2, -0.15) is 9.29 Å². The molecule has 4 rings (SSSR count). The SMILES string of the molecule is O=S(=O)(c1ccc(Br)s1)N1CC(c2nc(-c3ccccc3)no2)C1. The van der Waals surface area contributed by atoms with E-state index in [2.05, 4.69) is 26.1 Å². The van der Waals surface area contributed by atoms with Crippen LogP contribution in [0.5, 0.6) is 0 Å². The molecule has 0 bridgehead atoms. The molecule has 3 heterocycles. The normalized spacial score (nSPS) is 16.2. The lowest BCUT2D eigenvalue weighted by molar-refractivity contribution is 0.217. The Hall–Kier alpha value is -1.55. The summed E-state index contributed by atoms with van der Waals surface area (Å²) in [4.78, 5) is 4.39. The van der Waals surface area contributed by atoms with Crippen LogP contribution < -0.4 is 0 Å². The fraction of sp³-hybridized carbons (Fsp3) is 0.200. The highest BCUT2D eigenvalue weighted by molar-refractivity contribution is 9.11. The first-order valence-electron chi connectivity index (χ1n) is 7.18. The van der Waals surface area contributed by atoms with Crippen LogP contribution in [0.15, 0.2) is 55.0 Å². The number of halogens is 1. The van der Waals surface area contributed by atoms with Crippen LogP contribution in [0.2, 0.25) is 0 Å². The maximum Gasteiger partial charge on any atom is 0.252 e. The summed E-state index contributed by atoms with van der Waals surface area (Å²) in [6.45, 7) is 0.711. The maximum atomic E-state index is 12.5. The van der Waals surface area contributed by atoms with E-state index >= 15 is 0 Å². The second-order valence-corrected chi connectivity index (χ2v) is 10.0. The molecule has 1 aliphatic rings. The van der Waals surface area contributed by atoms with E-state index in [0.717, 1.165) is 9.35 Å². The first-order chi connectivity index (χ1) is 11.5. The summed E-state index contributed by atoms with van der Waals surface area (Å²) < 4.78 is 32.8. The third kappa shape index (κ3) is 2.81. The van der Waals surface area contributed by atoms with Gasteiger partial charge in [0.25, 0.3) is 10.0 Å². The van der Waals surface area contributed by atoms with Gasteiger partial charge in [-0.1, -0.05) is 35.5 Å². The van der Waals surface area contributed by atoms with E-state index in [1.54, 1.807) is 12.1 Å². The molecule has 1 fully saturated rings. The van der Waals surface area contributed by atoms with Crippen molar-refractivity contribution >= 4 is 37.3 Å². The second-order valence-electron chi connectivity index (χ2n) is 5.40. The number of hydrogen-bond acceptors (Lipinski definition) is 6. The summed E-state index contributed by atoms with van der Waals surface area (Å²) in [5.74, 6) is 0.940. The van der Waals surface area contributed by atoms with E-state index in [9.17, 15) is 8.42 Å². The number of benzene rings is 1. The molecule has 1 aliphatic heterocycles. The summed E-state index contributed by atoms with van der Waals surface area (Å²) in [5.41, 5.74) is 0.875. The lowest BCUT2D eigenvalue weighted by Crippen LogP contribution is -2.48. The fourth-order valence-electron chi connectivity index (χ4n) is 2.46. The van der Waals surface area contributed by atoms with Crippen LogP contribution in [-0.2, 0) is 10.0 Å². The van der Waals surface area contributed by atoms with Crippen LogP contribution in [0.3, 0.4) is 0 Å². The molecule has 0 spiro atoms. The molecule has 24 heavy (non-hydrogen) atoms.